The molecule has 1 aliphatic rings. The first-order valence-corrected chi connectivity index (χ1v) is 10.1. The summed E-state index contributed by atoms with van der Waals surface area (Å²) >= 11 is 3.41. The minimum absolute atomic E-state index is 0.354. The fourth-order valence-electron chi connectivity index (χ4n) is 3.51. The number of nitrogens with zero attached hydrogens (tertiary/aromatic N) is 3. The second-order valence-electron chi connectivity index (χ2n) is 6.82. The Morgan fingerprint density at radius 2 is 1.73 bits per heavy atom. The molecule has 7 heteroatoms. The highest BCUT2D eigenvalue weighted by molar-refractivity contribution is 9.10. The number of carbonyl (C=O) groups excluding carboxylic acids is 2. The van der Waals surface area contributed by atoms with Crippen LogP contribution in [0.4, 0.5) is 16.2 Å². The van der Waals surface area contributed by atoms with Crippen LogP contribution < -0.4 is 15.5 Å². The molecule has 0 saturated carbocycles. The molecule has 1 aliphatic heterocycles. The minimum Gasteiger partial charge on any atom is -0.351 e. The number of halogens is 1. The lowest BCUT2D eigenvalue weighted by Crippen LogP contribution is -2.51. The first-order valence-electron chi connectivity index (χ1n) is 9.32. The fourth-order valence-corrected chi connectivity index (χ4v) is 3.90. The lowest BCUT2D eigenvalue weighted by atomic mass is 10.0. The molecule has 0 aromatic heterocycles. The van der Waals surface area contributed by atoms with Crippen LogP contribution in [0.25, 0.3) is 0 Å². The largest absolute Gasteiger partial charge is 0.351 e. The number of benzodiazepines with no additional fused rings is 1. The van der Waals surface area contributed by atoms with E-state index in [2.05, 4.69) is 15.9 Å². The number of aliphatic imine (C=N–C) groups is 1. The molecular formula is C23H19BrN4O2. The summed E-state index contributed by atoms with van der Waals surface area (Å²) in [6.45, 7) is 0. The van der Waals surface area contributed by atoms with Gasteiger partial charge in [0.2, 0.25) is 6.17 Å². The number of anilines is 2. The molecule has 1 heterocycles. The molecule has 150 valence electrons. The molecule has 0 fully saturated rings. The van der Waals surface area contributed by atoms with Gasteiger partial charge in [-0.3, -0.25) is 9.69 Å². The number of hydrogen-bond acceptors (Lipinski definition) is 3. The molecule has 3 aromatic carbocycles. The minimum atomic E-state index is -1.15. The topological polar surface area (TPSA) is 79.0 Å². The Morgan fingerprint density at radius 3 is 2.43 bits per heavy atom. The van der Waals surface area contributed by atoms with E-state index >= 15 is 0 Å². The maximum atomic E-state index is 13.4. The Labute approximate surface area is 182 Å². The van der Waals surface area contributed by atoms with Crippen molar-refractivity contribution in [3.05, 3.63) is 94.5 Å². The second kappa shape index (κ2) is 8.12. The first kappa shape index (κ1) is 19.8. The van der Waals surface area contributed by atoms with Gasteiger partial charge in [0.05, 0.1) is 11.4 Å². The SMILES string of the molecule is CN1C(=O)C(N(C(N)=O)c2cccc(Br)c2)N=C(c2ccccc2)c2ccccc21. The van der Waals surface area contributed by atoms with E-state index in [1.54, 1.807) is 25.2 Å². The summed E-state index contributed by atoms with van der Waals surface area (Å²) in [6.07, 6.45) is -1.15. The highest BCUT2D eigenvalue weighted by Crippen LogP contribution is 2.30. The quantitative estimate of drug-likeness (QED) is 0.633. The zero-order valence-electron chi connectivity index (χ0n) is 16.2. The smallest absolute Gasteiger partial charge is 0.321 e. The lowest BCUT2D eigenvalue weighted by molar-refractivity contribution is -0.119. The van der Waals surface area contributed by atoms with Gasteiger partial charge < -0.3 is 10.6 Å². The maximum absolute atomic E-state index is 13.4. The highest BCUT2D eigenvalue weighted by Gasteiger charge is 2.36. The molecule has 6 nitrogen and oxygen atoms in total. The third-order valence-corrected chi connectivity index (χ3v) is 5.43. The highest BCUT2D eigenvalue weighted by atomic mass is 79.9. The van der Waals surface area contributed by atoms with Gasteiger partial charge in [0, 0.05) is 28.3 Å². The van der Waals surface area contributed by atoms with Crippen molar-refractivity contribution in [2.75, 3.05) is 16.8 Å². The van der Waals surface area contributed by atoms with Gasteiger partial charge in [0.25, 0.3) is 5.91 Å². The van der Waals surface area contributed by atoms with Gasteiger partial charge in [-0.25, -0.2) is 9.79 Å². The van der Waals surface area contributed by atoms with Gasteiger partial charge in [0.15, 0.2) is 0 Å². The van der Waals surface area contributed by atoms with Crippen molar-refractivity contribution in [1.29, 1.82) is 0 Å². The van der Waals surface area contributed by atoms with Crippen molar-refractivity contribution in [2.45, 2.75) is 6.17 Å². The predicted octanol–water partition coefficient (Wildman–Crippen LogP) is 4.17. The van der Waals surface area contributed by atoms with Crippen molar-refractivity contribution >= 4 is 45.0 Å². The average molecular weight is 463 g/mol. The van der Waals surface area contributed by atoms with Crippen LogP contribution in [-0.2, 0) is 4.79 Å². The fraction of sp³-hybridized carbons (Fsp3) is 0.0870. The Kier molecular flexibility index (Phi) is 5.37. The number of carbonyl (C=O) groups is 2. The van der Waals surface area contributed by atoms with Gasteiger partial charge in [0.1, 0.15) is 0 Å². The Morgan fingerprint density at radius 1 is 1.03 bits per heavy atom. The van der Waals surface area contributed by atoms with E-state index in [0.717, 1.165) is 15.6 Å². The number of primary amides is 1. The van der Waals surface area contributed by atoms with E-state index in [1.807, 2.05) is 60.7 Å². The van der Waals surface area contributed by atoms with E-state index in [0.29, 0.717) is 17.1 Å². The zero-order valence-corrected chi connectivity index (χ0v) is 17.8. The van der Waals surface area contributed by atoms with Crippen LogP contribution in [0, 0.1) is 0 Å². The van der Waals surface area contributed by atoms with Gasteiger partial charge in [-0.2, -0.15) is 0 Å². The molecular weight excluding hydrogens is 444 g/mol. The van der Waals surface area contributed by atoms with Crippen LogP contribution in [-0.4, -0.2) is 30.9 Å². The van der Waals surface area contributed by atoms with Crippen molar-refractivity contribution in [1.82, 2.24) is 0 Å². The van der Waals surface area contributed by atoms with Crippen LogP contribution in [0.15, 0.2) is 88.3 Å². The summed E-state index contributed by atoms with van der Waals surface area (Å²) in [6, 6.07) is 23.4. The molecule has 2 N–H and O–H groups in total. The molecule has 3 amide bonds. The van der Waals surface area contributed by atoms with E-state index in [1.165, 1.54) is 9.80 Å². The van der Waals surface area contributed by atoms with Crippen LogP contribution >= 0.6 is 15.9 Å². The lowest BCUT2D eigenvalue weighted by Gasteiger charge is -2.28. The van der Waals surface area contributed by atoms with Gasteiger partial charge >= 0.3 is 6.03 Å². The average Bonchev–Trinajstić information content (AvgIpc) is 2.85. The van der Waals surface area contributed by atoms with E-state index in [-0.39, 0.29) is 5.91 Å². The molecule has 30 heavy (non-hydrogen) atoms. The van der Waals surface area contributed by atoms with Crippen molar-refractivity contribution in [3.8, 4) is 0 Å². The van der Waals surface area contributed by atoms with Crippen LogP contribution in [0.3, 0.4) is 0 Å². The third-order valence-electron chi connectivity index (χ3n) is 4.94. The monoisotopic (exact) mass is 462 g/mol. The molecule has 0 aliphatic carbocycles. The molecule has 0 bridgehead atoms. The Balaban J connectivity index is 1.95. The number of fused-ring (bicyclic) bond motifs is 1. The second-order valence-corrected chi connectivity index (χ2v) is 7.74. The summed E-state index contributed by atoms with van der Waals surface area (Å²) in [7, 11) is 1.68. The predicted molar refractivity (Wildman–Crippen MR) is 122 cm³/mol. The standard InChI is InChI=1S/C23H19BrN4O2/c1-27-19-13-6-5-12-18(19)20(15-8-3-2-4-9-15)26-21(22(27)29)28(23(25)30)17-11-7-10-16(24)14-17/h2-14,21H,1H3,(H2,25,30). The van der Waals surface area contributed by atoms with Gasteiger partial charge in [-0.05, 0) is 24.3 Å². The Bertz CT molecular complexity index is 1150. The normalized spacial score (nSPS) is 15.8. The molecule has 1 atom stereocenters. The van der Waals surface area contributed by atoms with Crippen molar-refractivity contribution in [2.24, 2.45) is 10.7 Å². The summed E-state index contributed by atoms with van der Waals surface area (Å²) in [5.41, 5.74) is 9.19. The van der Waals surface area contributed by atoms with Gasteiger partial charge in [-0.1, -0.05) is 70.5 Å². The molecule has 0 saturated heterocycles. The molecule has 3 aromatic rings. The van der Waals surface area contributed by atoms with E-state index < -0.39 is 12.2 Å². The number of para-hydroxylation sites is 1. The summed E-state index contributed by atoms with van der Waals surface area (Å²) in [5.74, 6) is -0.354. The Hall–Kier alpha value is -3.45. The van der Waals surface area contributed by atoms with Gasteiger partial charge in [-0.15, -0.1) is 0 Å². The maximum Gasteiger partial charge on any atom is 0.321 e. The number of urea groups is 1. The third kappa shape index (κ3) is 3.59. The first-order chi connectivity index (χ1) is 14.5. The number of hydrogen-bond donors (Lipinski definition) is 1. The number of rotatable bonds is 3. The molecule has 4 rings (SSSR count). The summed E-state index contributed by atoms with van der Waals surface area (Å²) < 4.78 is 0.760. The number of amides is 3. The van der Waals surface area contributed by atoms with Crippen molar-refractivity contribution < 1.29 is 9.59 Å². The number of benzene rings is 3. The zero-order chi connectivity index (χ0) is 21.3. The van der Waals surface area contributed by atoms with Crippen LogP contribution in [0.1, 0.15) is 11.1 Å². The van der Waals surface area contributed by atoms with E-state index in [9.17, 15) is 9.59 Å². The van der Waals surface area contributed by atoms with E-state index in [4.69, 9.17) is 10.7 Å². The van der Waals surface area contributed by atoms with Crippen molar-refractivity contribution in [3.63, 3.8) is 0 Å². The molecule has 0 spiro atoms. The molecule has 1 unspecified atom stereocenters. The number of likely N-dealkylation sites (N-methyl/N-ethyl adjacent to an activating group) is 1. The molecule has 0 radical (unpaired) electrons. The summed E-state index contributed by atoms with van der Waals surface area (Å²) in [5, 5.41) is 0. The van der Waals surface area contributed by atoms with Crippen LogP contribution in [0.5, 0.6) is 0 Å². The van der Waals surface area contributed by atoms with Crippen LogP contribution in [0.2, 0.25) is 0 Å². The summed E-state index contributed by atoms with van der Waals surface area (Å²) in [4.78, 5) is 33.5. The number of nitrogens with two attached hydrogens (primary N) is 1.